The Hall–Kier alpha value is -1.86. The maximum Gasteiger partial charge on any atom is 0.211 e. The van der Waals surface area contributed by atoms with E-state index in [1.807, 2.05) is 24.3 Å². The lowest BCUT2D eigenvalue weighted by molar-refractivity contribution is 0.445. The summed E-state index contributed by atoms with van der Waals surface area (Å²) in [6.07, 6.45) is 5.60. The van der Waals surface area contributed by atoms with E-state index in [0.29, 0.717) is 29.6 Å². The highest BCUT2D eigenvalue weighted by Gasteiger charge is 2.21. The summed E-state index contributed by atoms with van der Waals surface area (Å²) < 4.78 is 24.8. The van der Waals surface area contributed by atoms with Crippen LogP contribution in [-0.2, 0) is 10.0 Å². The van der Waals surface area contributed by atoms with Gasteiger partial charge in [0.2, 0.25) is 10.0 Å². The van der Waals surface area contributed by atoms with Crippen LogP contribution in [0.15, 0.2) is 42.6 Å². The largest absolute Gasteiger partial charge is 0.339 e. The Morgan fingerprint density at radius 3 is 2.63 bits per heavy atom. The summed E-state index contributed by atoms with van der Waals surface area (Å²) in [5, 5.41) is 2.01. The van der Waals surface area contributed by atoms with Crippen LogP contribution < -0.4 is 0 Å². The van der Waals surface area contributed by atoms with Gasteiger partial charge in [0.25, 0.3) is 0 Å². The molecule has 2 aromatic heterocycles. The van der Waals surface area contributed by atoms with E-state index in [-0.39, 0.29) is 0 Å². The number of sulfonamides is 1. The monoisotopic (exact) mass is 421 g/mol. The van der Waals surface area contributed by atoms with Crippen molar-refractivity contribution < 1.29 is 8.42 Å². The minimum Gasteiger partial charge on any atom is -0.339 e. The van der Waals surface area contributed by atoms with E-state index in [1.54, 1.807) is 12.3 Å². The molecule has 1 aliphatic rings. The molecule has 0 aliphatic carbocycles. The summed E-state index contributed by atoms with van der Waals surface area (Å²) >= 11 is 12.2. The third-order valence-corrected chi connectivity index (χ3v) is 6.76. The van der Waals surface area contributed by atoms with Crippen LogP contribution in [0.3, 0.4) is 0 Å². The zero-order valence-electron chi connectivity index (χ0n) is 14.5. The summed E-state index contributed by atoms with van der Waals surface area (Å²) in [5.74, 6) is 0. The first-order valence-electron chi connectivity index (χ1n) is 8.40. The summed E-state index contributed by atoms with van der Waals surface area (Å²) in [7, 11) is -3.16. The lowest BCUT2D eigenvalue weighted by Crippen LogP contribution is -2.33. The van der Waals surface area contributed by atoms with Crippen molar-refractivity contribution in [3.8, 4) is 11.1 Å². The first-order chi connectivity index (χ1) is 12.8. The Balaban J connectivity index is 1.73. The van der Waals surface area contributed by atoms with Crippen molar-refractivity contribution in [2.45, 2.75) is 6.42 Å². The van der Waals surface area contributed by atoms with Gasteiger partial charge in [-0.1, -0.05) is 35.3 Å². The molecule has 5 nitrogen and oxygen atoms in total. The third-order valence-electron chi connectivity index (χ3n) is 4.75. The summed E-state index contributed by atoms with van der Waals surface area (Å²) in [5.41, 5.74) is 4.80. The number of H-pyrrole nitrogens is 1. The van der Waals surface area contributed by atoms with Crippen molar-refractivity contribution in [2.24, 2.45) is 0 Å². The molecule has 0 saturated carbocycles. The minimum atomic E-state index is -3.16. The van der Waals surface area contributed by atoms with Crippen molar-refractivity contribution in [2.75, 3.05) is 19.3 Å². The Kier molecular flexibility index (Phi) is 4.76. The van der Waals surface area contributed by atoms with Crippen LogP contribution in [0, 0.1) is 0 Å². The minimum absolute atomic E-state index is 0.386. The van der Waals surface area contributed by atoms with Gasteiger partial charge in [-0.25, -0.2) is 13.4 Å². The Morgan fingerprint density at radius 2 is 1.96 bits per heavy atom. The number of hydrogen-bond donors (Lipinski definition) is 1. The Bertz CT molecular complexity index is 1170. The van der Waals surface area contributed by atoms with Crippen molar-refractivity contribution in [3.05, 3.63) is 58.3 Å². The van der Waals surface area contributed by atoms with E-state index in [1.165, 1.54) is 10.6 Å². The normalized spacial score (nSPS) is 15.9. The van der Waals surface area contributed by atoms with Gasteiger partial charge in [-0.2, -0.15) is 4.31 Å². The van der Waals surface area contributed by atoms with Gasteiger partial charge in [0.05, 0.1) is 16.3 Å². The van der Waals surface area contributed by atoms with Crippen LogP contribution >= 0.6 is 23.2 Å². The lowest BCUT2D eigenvalue weighted by atomic mass is 10.0. The molecule has 0 bridgehead atoms. The summed E-state index contributed by atoms with van der Waals surface area (Å²) in [6.45, 7) is 0.865. The molecule has 3 heterocycles. The lowest BCUT2D eigenvalue weighted by Gasteiger charge is -2.23. The number of rotatable bonds is 3. The number of nitrogens with one attached hydrogen (secondary N) is 1. The molecule has 0 radical (unpaired) electrons. The molecular weight excluding hydrogens is 405 g/mol. The molecule has 0 unspecified atom stereocenters. The molecule has 0 spiro atoms. The highest BCUT2D eigenvalue weighted by atomic mass is 35.5. The smallest absolute Gasteiger partial charge is 0.211 e. The SMILES string of the molecule is CS(=O)(=O)N1CC=C(c2cc3c(-c4ccc(Cl)c(Cl)c4)ccnc3[nH]2)CC1. The molecule has 3 aromatic rings. The molecule has 0 fully saturated rings. The number of pyridine rings is 1. The van der Waals surface area contributed by atoms with Gasteiger partial charge >= 0.3 is 0 Å². The Morgan fingerprint density at radius 1 is 1.15 bits per heavy atom. The number of nitrogens with zero attached hydrogens (tertiary/aromatic N) is 2. The fourth-order valence-electron chi connectivity index (χ4n) is 3.31. The average Bonchev–Trinajstić information content (AvgIpc) is 3.08. The van der Waals surface area contributed by atoms with Crippen LogP contribution in [-0.4, -0.2) is 42.0 Å². The number of benzene rings is 1. The van der Waals surface area contributed by atoms with E-state index in [2.05, 4.69) is 16.0 Å². The quantitative estimate of drug-likeness (QED) is 0.672. The van der Waals surface area contributed by atoms with Gasteiger partial charge in [-0.3, -0.25) is 0 Å². The fourth-order valence-corrected chi connectivity index (χ4v) is 4.38. The first kappa shape index (κ1) is 18.5. The summed E-state index contributed by atoms with van der Waals surface area (Å²) in [4.78, 5) is 7.78. The van der Waals surface area contributed by atoms with Gasteiger partial charge in [0.1, 0.15) is 5.65 Å². The Labute approximate surface area is 167 Å². The summed E-state index contributed by atoms with van der Waals surface area (Å²) in [6, 6.07) is 9.56. The first-order valence-corrected chi connectivity index (χ1v) is 11.0. The molecule has 27 heavy (non-hydrogen) atoms. The molecule has 0 amide bonds. The molecule has 4 rings (SSSR count). The second-order valence-corrected chi connectivity index (χ2v) is 9.33. The molecule has 0 saturated heterocycles. The predicted molar refractivity (Wildman–Crippen MR) is 111 cm³/mol. The molecule has 1 N–H and O–H groups in total. The molecule has 1 aliphatic heterocycles. The maximum atomic E-state index is 11.7. The number of aromatic nitrogens is 2. The van der Waals surface area contributed by atoms with E-state index in [4.69, 9.17) is 23.2 Å². The van der Waals surface area contributed by atoms with E-state index >= 15 is 0 Å². The van der Waals surface area contributed by atoms with Crippen molar-refractivity contribution in [1.82, 2.24) is 14.3 Å². The van der Waals surface area contributed by atoms with Gasteiger partial charge in [0, 0.05) is 30.4 Å². The number of halogens is 2. The van der Waals surface area contributed by atoms with Gasteiger partial charge < -0.3 is 4.98 Å². The highest BCUT2D eigenvalue weighted by molar-refractivity contribution is 7.88. The average molecular weight is 422 g/mol. The van der Waals surface area contributed by atoms with Gasteiger partial charge in [-0.05, 0) is 47.4 Å². The van der Waals surface area contributed by atoms with Crippen molar-refractivity contribution in [1.29, 1.82) is 0 Å². The fraction of sp³-hybridized carbons (Fsp3) is 0.211. The predicted octanol–water partition coefficient (Wildman–Crippen LogP) is 4.59. The van der Waals surface area contributed by atoms with Crippen molar-refractivity contribution in [3.63, 3.8) is 0 Å². The third kappa shape index (κ3) is 3.62. The zero-order valence-corrected chi connectivity index (χ0v) is 16.9. The molecule has 140 valence electrons. The van der Waals surface area contributed by atoms with Crippen LogP contribution in [0.5, 0.6) is 0 Å². The van der Waals surface area contributed by atoms with Gasteiger partial charge in [0.15, 0.2) is 0 Å². The van der Waals surface area contributed by atoms with Gasteiger partial charge in [-0.15, -0.1) is 0 Å². The second-order valence-electron chi connectivity index (χ2n) is 6.53. The molecule has 8 heteroatoms. The molecule has 0 atom stereocenters. The maximum absolute atomic E-state index is 11.7. The highest BCUT2D eigenvalue weighted by Crippen LogP contribution is 2.34. The molecule has 1 aromatic carbocycles. The van der Waals surface area contributed by atoms with Crippen LogP contribution in [0.4, 0.5) is 0 Å². The van der Waals surface area contributed by atoms with E-state index in [0.717, 1.165) is 33.4 Å². The van der Waals surface area contributed by atoms with Crippen LogP contribution in [0.2, 0.25) is 10.0 Å². The van der Waals surface area contributed by atoms with Crippen molar-refractivity contribution >= 4 is 49.8 Å². The van der Waals surface area contributed by atoms with E-state index < -0.39 is 10.0 Å². The number of aromatic amines is 1. The number of hydrogen-bond acceptors (Lipinski definition) is 3. The second kappa shape index (κ2) is 6.95. The topological polar surface area (TPSA) is 66.1 Å². The molecular formula is C19H17Cl2N3O2S. The number of fused-ring (bicyclic) bond motifs is 1. The van der Waals surface area contributed by atoms with Crippen LogP contribution in [0.25, 0.3) is 27.7 Å². The zero-order chi connectivity index (χ0) is 19.2. The standard InChI is InChI=1S/C19H17Cl2N3O2S/c1-27(25,26)24-8-5-12(6-9-24)18-11-15-14(4-7-22-19(15)23-18)13-2-3-16(20)17(21)10-13/h2-5,7,10-11H,6,8-9H2,1H3,(H,22,23). The van der Waals surface area contributed by atoms with E-state index in [9.17, 15) is 8.42 Å². The van der Waals surface area contributed by atoms with Crippen LogP contribution in [0.1, 0.15) is 12.1 Å².